The number of aliphatic hydroxyl groups excluding tert-OH is 1. The molecule has 4 aromatic rings. The van der Waals surface area contributed by atoms with E-state index in [1.54, 1.807) is 24.4 Å². The molecule has 6 rings (SSSR count). The summed E-state index contributed by atoms with van der Waals surface area (Å²) in [6, 6.07) is 18.2. The third-order valence-corrected chi connectivity index (χ3v) is 11.5. The quantitative estimate of drug-likeness (QED) is 0.0911. The maximum atomic E-state index is 11.5. The number of carboxylic acids is 2. The van der Waals surface area contributed by atoms with Crippen LogP contribution in [0.1, 0.15) is 47.1 Å². The first kappa shape index (κ1) is 40.9. The Bertz CT molecular complexity index is 2100. The van der Waals surface area contributed by atoms with E-state index in [0.29, 0.717) is 41.3 Å². The second kappa shape index (κ2) is 18.5. The lowest BCUT2D eigenvalue weighted by Crippen LogP contribution is -2.49. The zero-order chi connectivity index (χ0) is 39.8. The highest BCUT2D eigenvalue weighted by atomic mass is 79.9. The van der Waals surface area contributed by atoms with E-state index in [1.165, 1.54) is 17.4 Å². The lowest BCUT2D eigenvalue weighted by Gasteiger charge is -2.35. The Morgan fingerprint density at radius 2 is 1.73 bits per heavy atom. The molecular formula is C41H43BrClN5O8. The molecule has 0 amide bonds. The zero-order valence-corrected chi connectivity index (χ0v) is 32.9. The number of carbonyl (C=O) groups is 2. The van der Waals surface area contributed by atoms with Crippen molar-refractivity contribution in [3.05, 3.63) is 104 Å². The molecule has 294 valence electrons. The average molecular weight is 849 g/mol. The van der Waals surface area contributed by atoms with Crippen molar-refractivity contribution in [3.8, 4) is 28.7 Å². The number of pyridine rings is 1. The monoisotopic (exact) mass is 847 g/mol. The summed E-state index contributed by atoms with van der Waals surface area (Å²) in [5.41, 5.74) is 5.50. The molecule has 5 N–H and O–H groups in total. The molecule has 3 aromatic carbocycles. The van der Waals surface area contributed by atoms with Crippen LogP contribution in [0.25, 0.3) is 11.1 Å². The Morgan fingerprint density at radius 1 is 0.982 bits per heavy atom. The van der Waals surface area contributed by atoms with Crippen LogP contribution in [-0.2, 0) is 35.8 Å². The second-order valence-corrected chi connectivity index (χ2v) is 15.2. The van der Waals surface area contributed by atoms with Crippen molar-refractivity contribution in [2.45, 2.75) is 57.1 Å². The minimum Gasteiger partial charge on any atom is -0.488 e. The van der Waals surface area contributed by atoms with Crippen LogP contribution in [-0.4, -0.2) is 93.2 Å². The van der Waals surface area contributed by atoms with Gasteiger partial charge < -0.3 is 39.7 Å². The van der Waals surface area contributed by atoms with E-state index in [4.69, 9.17) is 21.1 Å². The lowest BCUT2D eigenvalue weighted by atomic mass is 9.91. The number of ether oxygens (including phenoxy) is 2. The largest absolute Gasteiger partial charge is 0.488 e. The number of hydrogen-bond donors (Lipinski definition) is 5. The Labute approximate surface area is 338 Å². The summed E-state index contributed by atoms with van der Waals surface area (Å²) in [5.74, 6) is -1.61. The molecule has 3 heterocycles. The van der Waals surface area contributed by atoms with Gasteiger partial charge in [-0.2, -0.15) is 5.26 Å². The Balaban J connectivity index is 1.14. The first-order chi connectivity index (χ1) is 27.0. The molecule has 1 aromatic heterocycles. The highest BCUT2D eigenvalue weighted by Crippen LogP contribution is 2.41. The number of rotatable bonds is 17. The standard InChI is InChI=1S/C41H43BrClN5O8/c42-38-28(25-56-37-18-36(55-24-27-16-26(19-44)20-45-21-27)29(17-33(37)43)22-46-34(23-49)39(50)51)4-1-6-32(38)30-5-2-7-35-31(30)8-13-48(35)12-3-11-47-14-9-41(54,10-15-47)40(52)53/h1-2,4-7,16-18,20-21,34,46,49,54H,3,8-15,22-25H2,(H,50,51)(H,52,53)/t34-/m0/s1. The predicted octanol–water partition coefficient (Wildman–Crippen LogP) is 5.39. The van der Waals surface area contributed by atoms with Crippen LogP contribution in [0.5, 0.6) is 11.5 Å². The average Bonchev–Trinajstić information content (AvgIpc) is 3.61. The van der Waals surface area contributed by atoms with E-state index >= 15 is 0 Å². The van der Waals surface area contributed by atoms with Crippen molar-refractivity contribution >= 4 is 45.2 Å². The Kier molecular flexibility index (Phi) is 13.5. The van der Waals surface area contributed by atoms with Crippen LogP contribution in [0.15, 0.2) is 71.5 Å². The Morgan fingerprint density at radius 3 is 2.46 bits per heavy atom. The van der Waals surface area contributed by atoms with E-state index in [0.717, 1.165) is 53.6 Å². The summed E-state index contributed by atoms with van der Waals surface area (Å²) in [5, 5.41) is 50.9. The van der Waals surface area contributed by atoms with Crippen molar-refractivity contribution in [1.82, 2.24) is 15.2 Å². The van der Waals surface area contributed by atoms with E-state index in [1.807, 2.05) is 12.1 Å². The van der Waals surface area contributed by atoms with Gasteiger partial charge in [0.25, 0.3) is 0 Å². The first-order valence-corrected chi connectivity index (χ1v) is 19.5. The molecule has 0 aliphatic carbocycles. The molecule has 0 unspecified atom stereocenters. The molecule has 15 heteroatoms. The van der Waals surface area contributed by atoms with Gasteiger partial charge in [-0.15, -0.1) is 0 Å². The summed E-state index contributed by atoms with van der Waals surface area (Å²) < 4.78 is 13.3. The molecule has 0 spiro atoms. The highest BCUT2D eigenvalue weighted by molar-refractivity contribution is 9.10. The van der Waals surface area contributed by atoms with Crippen molar-refractivity contribution in [2.75, 3.05) is 44.2 Å². The molecule has 0 saturated carbocycles. The van der Waals surface area contributed by atoms with Gasteiger partial charge in [0.2, 0.25) is 0 Å². The number of aliphatic carboxylic acids is 2. The maximum absolute atomic E-state index is 11.5. The minimum absolute atomic E-state index is 0.0357. The zero-order valence-electron chi connectivity index (χ0n) is 30.6. The van der Waals surface area contributed by atoms with Crippen LogP contribution in [0.3, 0.4) is 0 Å². The number of hydrogen-bond acceptors (Lipinski definition) is 11. The molecule has 56 heavy (non-hydrogen) atoms. The molecule has 1 atom stereocenters. The number of fused-ring (bicyclic) bond motifs is 1. The number of piperidine rings is 1. The molecule has 2 aliphatic rings. The Hall–Kier alpha value is -4.75. The summed E-state index contributed by atoms with van der Waals surface area (Å²) >= 11 is 10.6. The smallest absolute Gasteiger partial charge is 0.335 e. The van der Waals surface area contributed by atoms with Gasteiger partial charge in [-0.3, -0.25) is 15.1 Å². The number of anilines is 1. The number of benzene rings is 3. The van der Waals surface area contributed by atoms with Crippen LogP contribution in [0, 0.1) is 11.3 Å². The summed E-state index contributed by atoms with van der Waals surface area (Å²) in [6.45, 7) is 3.43. The predicted molar refractivity (Wildman–Crippen MR) is 213 cm³/mol. The number of likely N-dealkylation sites (tertiary alicyclic amines) is 1. The number of nitrogens with zero attached hydrogens (tertiary/aromatic N) is 4. The van der Waals surface area contributed by atoms with Crippen LogP contribution in [0.4, 0.5) is 5.69 Å². The maximum Gasteiger partial charge on any atom is 0.335 e. The summed E-state index contributed by atoms with van der Waals surface area (Å²) in [6.07, 6.45) is 5.35. The lowest BCUT2D eigenvalue weighted by molar-refractivity contribution is -0.163. The van der Waals surface area contributed by atoms with Gasteiger partial charge in [0, 0.05) is 78.0 Å². The molecule has 2 aliphatic heterocycles. The molecule has 0 radical (unpaired) electrons. The molecular weight excluding hydrogens is 806 g/mol. The number of nitriles is 1. The topological polar surface area (TPSA) is 189 Å². The van der Waals surface area contributed by atoms with Gasteiger partial charge in [-0.1, -0.05) is 41.9 Å². The fourth-order valence-electron chi connectivity index (χ4n) is 7.10. The third kappa shape index (κ3) is 9.61. The van der Waals surface area contributed by atoms with Gasteiger partial charge >= 0.3 is 11.9 Å². The van der Waals surface area contributed by atoms with E-state index in [9.17, 15) is 35.3 Å². The molecule has 1 fully saturated rings. The number of aliphatic hydroxyl groups is 2. The second-order valence-electron chi connectivity index (χ2n) is 14.0. The number of aromatic nitrogens is 1. The van der Waals surface area contributed by atoms with Crippen molar-refractivity contribution < 1.29 is 39.5 Å². The number of halogens is 2. The SMILES string of the molecule is N#Cc1cncc(COc2cc(OCc3cccc(-c4cccc5c4CCN5CCCN4CCC(O)(C(=O)O)CC4)c3Br)c(Cl)cc2CN[C@@H](CO)C(=O)O)c1. The van der Waals surface area contributed by atoms with E-state index in [-0.39, 0.29) is 37.6 Å². The summed E-state index contributed by atoms with van der Waals surface area (Å²) in [4.78, 5) is 31.6. The van der Waals surface area contributed by atoms with Crippen LogP contribution >= 0.6 is 27.5 Å². The van der Waals surface area contributed by atoms with Crippen LogP contribution < -0.4 is 19.7 Å². The van der Waals surface area contributed by atoms with Gasteiger partial charge in [-0.05, 0) is 83.0 Å². The number of carboxylic acid groups (broad SMARTS) is 2. The summed E-state index contributed by atoms with van der Waals surface area (Å²) in [7, 11) is 0. The molecule has 13 nitrogen and oxygen atoms in total. The third-order valence-electron chi connectivity index (χ3n) is 10.3. The fourth-order valence-corrected chi connectivity index (χ4v) is 7.93. The van der Waals surface area contributed by atoms with Crippen molar-refractivity contribution in [1.29, 1.82) is 5.26 Å². The molecule has 1 saturated heterocycles. The normalized spacial score (nSPS) is 15.5. The number of nitrogens with one attached hydrogen (secondary N) is 1. The van der Waals surface area contributed by atoms with E-state index in [2.05, 4.69) is 66.4 Å². The molecule has 0 bridgehead atoms. The fraction of sp³-hybridized carbons (Fsp3) is 0.366. The first-order valence-electron chi connectivity index (χ1n) is 18.3. The van der Waals surface area contributed by atoms with Gasteiger partial charge in [0.05, 0.1) is 17.2 Å². The van der Waals surface area contributed by atoms with E-state index < -0.39 is 30.2 Å². The van der Waals surface area contributed by atoms with Crippen molar-refractivity contribution in [3.63, 3.8) is 0 Å². The van der Waals surface area contributed by atoms with Crippen LogP contribution in [0.2, 0.25) is 5.02 Å². The van der Waals surface area contributed by atoms with Crippen molar-refractivity contribution in [2.24, 2.45) is 0 Å². The minimum atomic E-state index is -1.61. The highest BCUT2D eigenvalue weighted by Gasteiger charge is 2.39. The van der Waals surface area contributed by atoms with Gasteiger partial charge in [0.15, 0.2) is 5.60 Å². The van der Waals surface area contributed by atoms with Gasteiger partial charge in [0.1, 0.15) is 36.8 Å². The van der Waals surface area contributed by atoms with Gasteiger partial charge in [-0.25, -0.2) is 4.79 Å².